The van der Waals surface area contributed by atoms with E-state index in [1.807, 2.05) is 36.4 Å². The van der Waals surface area contributed by atoms with Crippen LogP contribution in [0.2, 0.25) is 0 Å². The maximum absolute atomic E-state index is 11.7. The summed E-state index contributed by atoms with van der Waals surface area (Å²) in [6.45, 7) is 1.89. The van der Waals surface area contributed by atoms with Crippen LogP contribution in [0.15, 0.2) is 60.7 Å². The van der Waals surface area contributed by atoms with Gasteiger partial charge in [0.05, 0.1) is 6.61 Å². The number of ether oxygens (including phenoxy) is 2. The van der Waals surface area contributed by atoms with Crippen molar-refractivity contribution in [2.24, 2.45) is 0 Å². The summed E-state index contributed by atoms with van der Waals surface area (Å²) in [5.41, 5.74) is 1.32. The maximum Gasteiger partial charge on any atom is 0.411 e. The summed E-state index contributed by atoms with van der Waals surface area (Å²) in [6, 6.07) is 18.0. The highest BCUT2D eigenvalue weighted by Gasteiger charge is 2.11. The molecule has 0 fully saturated rings. The van der Waals surface area contributed by atoms with Gasteiger partial charge in [-0.25, -0.2) is 9.59 Å². The molecule has 6 heteroatoms. The normalized spacial score (nSPS) is 11.2. The van der Waals surface area contributed by atoms with Gasteiger partial charge in [-0.2, -0.15) is 0 Å². The summed E-state index contributed by atoms with van der Waals surface area (Å²) in [5.74, 6) is 0. The van der Waals surface area contributed by atoms with Gasteiger partial charge in [-0.15, -0.1) is 0 Å². The van der Waals surface area contributed by atoms with Crippen molar-refractivity contribution in [1.29, 1.82) is 0 Å². The molecule has 0 radical (unpaired) electrons. The Morgan fingerprint density at radius 1 is 0.875 bits per heavy atom. The summed E-state index contributed by atoms with van der Waals surface area (Å²) in [5, 5.41) is 5.23. The van der Waals surface area contributed by atoms with E-state index < -0.39 is 12.2 Å². The van der Waals surface area contributed by atoms with E-state index in [4.69, 9.17) is 9.47 Å². The number of rotatable bonds is 6. The van der Waals surface area contributed by atoms with Gasteiger partial charge in [0.1, 0.15) is 6.10 Å². The van der Waals surface area contributed by atoms with Crippen LogP contribution in [0.3, 0.4) is 0 Å². The van der Waals surface area contributed by atoms with Gasteiger partial charge in [-0.3, -0.25) is 10.6 Å². The number of nitrogens with one attached hydrogen (secondary N) is 2. The van der Waals surface area contributed by atoms with Crippen LogP contribution >= 0.6 is 0 Å². The van der Waals surface area contributed by atoms with Gasteiger partial charge in [0.25, 0.3) is 0 Å². The fourth-order valence-electron chi connectivity index (χ4n) is 1.90. The Morgan fingerprint density at radius 2 is 1.38 bits per heavy atom. The third-order valence-electron chi connectivity index (χ3n) is 3.11. The van der Waals surface area contributed by atoms with Gasteiger partial charge in [-0.1, -0.05) is 36.4 Å². The van der Waals surface area contributed by atoms with Crippen molar-refractivity contribution in [3.8, 4) is 0 Å². The second kappa shape index (κ2) is 9.19. The first-order valence-corrected chi connectivity index (χ1v) is 7.65. The summed E-state index contributed by atoms with van der Waals surface area (Å²) in [7, 11) is 0. The van der Waals surface area contributed by atoms with Crippen molar-refractivity contribution in [3.63, 3.8) is 0 Å². The van der Waals surface area contributed by atoms with Gasteiger partial charge >= 0.3 is 12.2 Å². The van der Waals surface area contributed by atoms with Crippen molar-refractivity contribution >= 4 is 23.6 Å². The predicted molar refractivity (Wildman–Crippen MR) is 92.0 cm³/mol. The lowest BCUT2D eigenvalue weighted by molar-refractivity contribution is 0.0943. The number of carbonyl (C=O) groups is 2. The van der Waals surface area contributed by atoms with Crippen molar-refractivity contribution in [3.05, 3.63) is 60.7 Å². The molecular formula is C18H20N2O4. The third-order valence-corrected chi connectivity index (χ3v) is 3.11. The van der Waals surface area contributed by atoms with E-state index in [0.717, 1.165) is 0 Å². The molecule has 2 aromatic carbocycles. The molecule has 24 heavy (non-hydrogen) atoms. The Hall–Kier alpha value is -3.02. The summed E-state index contributed by atoms with van der Waals surface area (Å²) < 4.78 is 10.2. The molecule has 0 saturated heterocycles. The van der Waals surface area contributed by atoms with Crippen LogP contribution in [0.5, 0.6) is 0 Å². The molecule has 1 atom stereocenters. The van der Waals surface area contributed by atoms with Gasteiger partial charge in [-0.05, 0) is 31.2 Å². The summed E-state index contributed by atoms with van der Waals surface area (Å²) >= 11 is 0. The highest BCUT2D eigenvalue weighted by atomic mass is 16.6. The Balaban J connectivity index is 1.63. The SMILES string of the molecule is C[C@@H](CCOC(=O)Nc1ccccc1)OC(=O)Nc1ccccc1. The van der Waals surface area contributed by atoms with E-state index in [1.54, 1.807) is 31.2 Å². The summed E-state index contributed by atoms with van der Waals surface area (Å²) in [4.78, 5) is 23.3. The predicted octanol–water partition coefficient (Wildman–Crippen LogP) is 4.26. The van der Waals surface area contributed by atoms with Gasteiger partial charge in [0, 0.05) is 17.8 Å². The van der Waals surface area contributed by atoms with Crippen LogP contribution in [-0.4, -0.2) is 24.9 Å². The molecule has 2 rings (SSSR count). The van der Waals surface area contributed by atoms with Crippen LogP contribution in [0.25, 0.3) is 0 Å². The number of hydrogen-bond donors (Lipinski definition) is 2. The van der Waals surface area contributed by atoms with Crippen LogP contribution in [0.1, 0.15) is 13.3 Å². The number of carbonyl (C=O) groups excluding carboxylic acids is 2. The average Bonchev–Trinajstić information content (AvgIpc) is 2.56. The number of anilines is 2. The molecule has 126 valence electrons. The van der Waals surface area contributed by atoms with Gasteiger partial charge in [0.2, 0.25) is 0 Å². The minimum absolute atomic E-state index is 0.151. The minimum atomic E-state index is -0.540. The van der Waals surface area contributed by atoms with E-state index in [0.29, 0.717) is 17.8 Å². The number of amides is 2. The zero-order valence-corrected chi connectivity index (χ0v) is 13.4. The van der Waals surface area contributed by atoms with Crippen LogP contribution in [0.4, 0.5) is 21.0 Å². The highest BCUT2D eigenvalue weighted by molar-refractivity contribution is 5.85. The van der Waals surface area contributed by atoms with Gasteiger partial charge < -0.3 is 9.47 Å². The highest BCUT2D eigenvalue weighted by Crippen LogP contribution is 2.08. The second-order valence-electron chi connectivity index (χ2n) is 5.12. The molecule has 0 aliphatic heterocycles. The van der Waals surface area contributed by atoms with E-state index in [1.165, 1.54) is 0 Å². The minimum Gasteiger partial charge on any atom is -0.449 e. The van der Waals surface area contributed by atoms with Crippen molar-refractivity contribution in [1.82, 2.24) is 0 Å². The number of para-hydroxylation sites is 2. The van der Waals surface area contributed by atoms with Crippen LogP contribution in [0, 0.1) is 0 Å². The fraction of sp³-hybridized carbons (Fsp3) is 0.222. The Bertz CT molecular complexity index is 647. The molecular weight excluding hydrogens is 308 g/mol. The summed E-state index contributed by atoms with van der Waals surface area (Å²) in [6.07, 6.45) is -1.05. The van der Waals surface area contributed by atoms with Crippen molar-refractivity contribution < 1.29 is 19.1 Å². The zero-order chi connectivity index (χ0) is 17.2. The van der Waals surface area contributed by atoms with Gasteiger partial charge in [0.15, 0.2) is 0 Å². The van der Waals surface area contributed by atoms with E-state index in [2.05, 4.69) is 10.6 Å². The molecule has 0 aromatic heterocycles. The lowest BCUT2D eigenvalue weighted by Crippen LogP contribution is -2.22. The number of benzene rings is 2. The molecule has 0 spiro atoms. The first kappa shape index (κ1) is 17.3. The smallest absolute Gasteiger partial charge is 0.411 e. The third kappa shape index (κ3) is 6.39. The Labute approximate surface area is 140 Å². The average molecular weight is 328 g/mol. The maximum atomic E-state index is 11.7. The van der Waals surface area contributed by atoms with Crippen molar-refractivity contribution in [2.75, 3.05) is 17.2 Å². The standard InChI is InChI=1S/C18H20N2O4/c1-14(24-18(22)20-16-10-6-3-7-11-16)12-13-23-17(21)19-15-8-4-2-5-9-15/h2-11,14H,12-13H2,1H3,(H,19,21)(H,20,22)/t14-/m0/s1. The monoisotopic (exact) mass is 328 g/mol. The fourth-order valence-corrected chi connectivity index (χ4v) is 1.90. The Morgan fingerprint density at radius 3 is 1.92 bits per heavy atom. The first-order valence-electron chi connectivity index (χ1n) is 7.65. The molecule has 2 amide bonds. The van der Waals surface area contributed by atoms with E-state index in [-0.39, 0.29) is 12.7 Å². The van der Waals surface area contributed by atoms with Crippen LogP contribution < -0.4 is 10.6 Å². The molecule has 2 N–H and O–H groups in total. The lowest BCUT2D eigenvalue weighted by Gasteiger charge is -2.14. The van der Waals surface area contributed by atoms with E-state index >= 15 is 0 Å². The second-order valence-corrected chi connectivity index (χ2v) is 5.12. The first-order chi connectivity index (χ1) is 11.6. The molecule has 0 saturated carbocycles. The quantitative estimate of drug-likeness (QED) is 0.830. The number of hydrogen-bond acceptors (Lipinski definition) is 4. The molecule has 0 aliphatic rings. The Kier molecular flexibility index (Phi) is 6.64. The molecule has 0 unspecified atom stereocenters. The molecule has 0 bridgehead atoms. The molecule has 6 nitrogen and oxygen atoms in total. The molecule has 0 heterocycles. The lowest BCUT2D eigenvalue weighted by atomic mass is 10.3. The largest absolute Gasteiger partial charge is 0.449 e. The van der Waals surface area contributed by atoms with E-state index in [9.17, 15) is 9.59 Å². The topological polar surface area (TPSA) is 76.7 Å². The molecule has 2 aromatic rings. The van der Waals surface area contributed by atoms with Crippen LogP contribution in [-0.2, 0) is 9.47 Å². The van der Waals surface area contributed by atoms with Crippen molar-refractivity contribution in [2.45, 2.75) is 19.4 Å². The zero-order valence-electron chi connectivity index (χ0n) is 13.4. The molecule has 0 aliphatic carbocycles.